The van der Waals surface area contributed by atoms with E-state index in [0.29, 0.717) is 92.5 Å². The highest BCUT2D eigenvalue weighted by Gasteiger charge is 1.98. The fourth-order valence-corrected chi connectivity index (χ4v) is 4.96. The van der Waals surface area contributed by atoms with E-state index in [2.05, 4.69) is 6.92 Å². The summed E-state index contributed by atoms with van der Waals surface area (Å²) >= 11 is 0. The molecule has 2 N–H and O–H groups in total. The Labute approximate surface area is 287 Å². The third kappa shape index (κ3) is 34.2. The van der Waals surface area contributed by atoms with Crippen LogP contribution in [0, 0.1) is 0 Å². The average molecular weight is 670 g/mol. The minimum Gasteiger partial charge on any atom is -0.491 e. The summed E-state index contributed by atoms with van der Waals surface area (Å²) in [6.45, 7) is 10.8. The molecule has 0 aliphatic rings. The maximum absolute atomic E-state index is 5.69. The lowest BCUT2D eigenvalue weighted by molar-refractivity contribution is -0.0213. The van der Waals surface area contributed by atoms with Gasteiger partial charge in [-0.15, -0.1) is 0 Å². The first-order valence-electron chi connectivity index (χ1n) is 18.9. The van der Waals surface area contributed by atoms with Gasteiger partial charge in [0.05, 0.1) is 85.9 Å². The molecule has 0 atom stereocenters. The number of anilines is 1. The zero-order chi connectivity index (χ0) is 33.6. The number of rotatable bonds is 39. The lowest BCUT2D eigenvalue weighted by Crippen LogP contribution is -2.15. The summed E-state index contributed by atoms with van der Waals surface area (Å²) in [4.78, 5) is 0. The van der Waals surface area contributed by atoms with Gasteiger partial charge in [-0.2, -0.15) is 0 Å². The summed E-state index contributed by atoms with van der Waals surface area (Å²) in [7, 11) is 0. The van der Waals surface area contributed by atoms with Gasteiger partial charge in [-0.1, -0.05) is 103 Å². The second kappa shape index (κ2) is 37.4. The molecule has 0 radical (unpaired) electrons. The molecule has 9 nitrogen and oxygen atoms in total. The van der Waals surface area contributed by atoms with Crippen LogP contribution in [0.25, 0.3) is 0 Å². The maximum atomic E-state index is 5.69. The molecule has 0 aliphatic carbocycles. The number of ether oxygens (including phenoxy) is 8. The van der Waals surface area contributed by atoms with Crippen molar-refractivity contribution < 1.29 is 37.9 Å². The van der Waals surface area contributed by atoms with Crippen LogP contribution in [0.3, 0.4) is 0 Å². The van der Waals surface area contributed by atoms with Crippen LogP contribution in [0.15, 0.2) is 24.3 Å². The SMILES string of the molecule is CCCCCCCCCCCCCCCCCCOCCOCCOCCOCCOCCOCCOCCOc1ccc(N)cc1. The minimum atomic E-state index is 0.487. The van der Waals surface area contributed by atoms with E-state index >= 15 is 0 Å². The van der Waals surface area contributed by atoms with Crippen LogP contribution < -0.4 is 10.5 Å². The van der Waals surface area contributed by atoms with Crippen LogP contribution in [0.1, 0.15) is 110 Å². The van der Waals surface area contributed by atoms with Gasteiger partial charge in [0.15, 0.2) is 0 Å². The summed E-state index contributed by atoms with van der Waals surface area (Å²) in [6, 6.07) is 7.30. The Bertz CT molecular complexity index is 724. The van der Waals surface area contributed by atoms with E-state index in [-0.39, 0.29) is 0 Å². The number of unbranched alkanes of at least 4 members (excludes halogenated alkanes) is 15. The van der Waals surface area contributed by atoms with Crippen molar-refractivity contribution in [3.8, 4) is 5.75 Å². The Morgan fingerprint density at radius 3 is 0.957 bits per heavy atom. The lowest BCUT2D eigenvalue weighted by Gasteiger charge is -2.09. The predicted molar refractivity (Wildman–Crippen MR) is 192 cm³/mol. The second-order valence-corrected chi connectivity index (χ2v) is 12.0. The van der Waals surface area contributed by atoms with Gasteiger partial charge >= 0.3 is 0 Å². The quantitative estimate of drug-likeness (QED) is 0.0552. The Kier molecular flexibility index (Phi) is 34.6. The summed E-state index contributed by atoms with van der Waals surface area (Å²) < 4.78 is 44.4. The number of hydrogen-bond donors (Lipinski definition) is 1. The van der Waals surface area contributed by atoms with E-state index in [4.69, 9.17) is 43.6 Å². The lowest BCUT2D eigenvalue weighted by atomic mass is 10.0. The first-order valence-corrected chi connectivity index (χ1v) is 18.9. The van der Waals surface area contributed by atoms with Gasteiger partial charge in [0.2, 0.25) is 0 Å². The van der Waals surface area contributed by atoms with Crippen molar-refractivity contribution >= 4 is 5.69 Å². The standard InChI is InChI=1S/C38H71NO8/c1-2-3-4-5-6-7-8-9-10-11-12-13-14-15-16-17-22-40-23-24-41-25-26-42-27-28-43-29-30-44-31-32-45-33-34-46-35-36-47-38-20-18-37(39)19-21-38/h18-21H,2-17,22-36,39H2,1H3. The predicted octanol–water partition coefficient (Wildman–Crippen LogP) is 8.03. The number of benzene rings is 1. The highest BCUT2D eigenvalue weighted by molar-refractivity contribution is 5.41. The molecule has 0 unspecified atom stereocenters. The summed E-state index contributed by atoms with van der Waals surface area (Å²) in [5, 5.41) is 0. The molecule has 1 aromatic rings. The summed E-state index contributed by atoms with van der Waals surface area (Å²) in [5.41, 5.74) is 6.37. The van der Waals surface area contributed by atoms with E-state index < -0.39 is 0 Å². The van der Waals surface area contributed by atoms with Crippen molar-refractivity contribution in [3.63, 3.8) is 0 Å². The molecular formula is C38H71NO8. The van der Waals surface area contributed by atoms with Crippen molar-refractivity contribution in [2.45, 2.75) is 110 Å². The summed E-state index contributed by atoms with van der Waals surface area (Å²) in [6.07, 6.45) is 22.2. The molecule has 47 heavy (non-hydrogen) atoms. The molecule has 276 valence electrons. The molecule has 1 aromatic carbocycles. The number of nitrogens with two attached hydrogens (primary N) is 1. The Morgan fingerprint density at radius 2 is 0.617 bits per heavy atom. The molecule has 0 fully saturated rings. The van der Waals surface area contributed by atoms with Crippen molar-refractivity contribution in [1.82, 2.24) is 0 Å². The molecule has 0 saturated heterocycles. The van der Waals surface area contributed by atoms with Gasteiger partial charge in [0.1, 0.15) is 12.4 Å². The van der Waals surface area contributed by atoms with Gasteiger partial charge < -0.3 is 43.6 Å². The van der Waals surface area contributed by atoms with Crippen LogP contribution in [0.4, 0.5) is 5.69 Å². The van der Waals surface area contributed by atoms with Crippen LogP contribution in [-0.2, 0) is 33.2 Å². The van der Waals surface area contributed by atoms with Crippen molar-refractivity contribution in [2.75, 3.05) is 105 Å². The van der Waals surface area contributed by atoms with E-state index in [9.17, 15) is 0 Å². The monoisotopic (exact) mass is 670 g/mol. The van der Waals surface area contributed by atoms with E-state index in [0.717, 1.165) is 24.5 Å². The third-order valence-electron chi connectivity index (χ3n) is 7.75. The summed E-state index contributed by atoms with van der Waals surface area (Å²) in [5.74, 6) is 0.782. The molecular weight excluding hydrogens is 598 g/mol. The van der Waals surface area contributed by atoms with Crippen LogP contribution >= 0.6 is 0 Å². The van der Waals surface area contributed by atoms with Gasteiger partial charge in [0, 0.05) is 12.3 Å². The minimum absolute atomic E-state index is 0.487. The Morgan fingerprint density at radius 1 is 0.340 bits per heavy atom. The molecule has 0 spiro atoms. The molecule has 9 heteroatoms. The first kappa shape index (κ1) is 43.6. The molecule has 0 aliphatic heterocycles. The number of hydrogen-bond acceptors (Lipinski definition) is 9. The largest absolute Gasteiger partial charge is 0.491 e. The van der Waals surface area contributed by atoms with Gasteiger partial charge in [-0.3, -0.25) is 0 Å². The smallest absolute Gasteiger partial charge is 0.119 e. The molecule has 0 heterocycles. The zero-order valence-corrected chi connectivity index (χ0v) is 30.1. The highest BCUT2D eigenvalue weighted by Crippen LogP contribution is 2.14. The molecule has 0 saturated carbocycles. The fourth-order valence-electron chi connectivity index (χ4n) is 4.96. The Balaban J connectivity index is 1.62. The van der Waals surface area contributed by atoms with Gasteiger partial charge in [-0.05, 0) is 30.7 Å². The number of nitrogen functional groups attached to an aromatic ring is 1. The third-order valence-corrected chi connectivity index (χ3v) is 7.75. The Hall–Kier alpha value is -1.46. The van der Waals surface area contributed by atoms with Crippen molar-refractivity contribution in [2.24, 2.45) is 0 Å². The van der Waals surface area contributed by atoms with Gasteiger partial charge in [0.25, 0.3) is 0 Å². The second-order valence-electron chi connectivity index (χ2n) is 12.0. The van der Waals surface area contributed by atoms with Crippen LogP contribution in [0.5, 0.6) is 5.75 Å². The first-order chi connectivity index (χ1) is 23.3. The van der Waals surface area contributed by atoms with Crippen LogP contribution in [0.2, 0.25) is 0 Å². The highest BCUT2D eigenvalue weighted by atomic mass is 16.6. The zero-order valence-electron chi connectivity index (χ0n) is 30.1. The topological polar surface area (TPSA) is 99.9 Å². The molecule has 0 bridgehead atoms. The van der Waals surface area contributed by atoms with E-state index in [1.54, 1.807) is 0 Å². The van der Waals surface area contributed by atoms with Crippen molar-refractivity contribution in [1.29, 1.82) is 0 Å². The van der Waals surface area contributed by atoms with Crippen LogP contribution in [-0.4, -0.2) is 99.1 Å². The average Bonchev–Trinajstić information content (AvgIpc) is 3.08. The maximum Gasteiger partial charge on any atom is 0.119 e. The fraction of sp³-hybridized carbons (Fsp3) is 0.842. The molecule has 0 amide bonds. The molecule has 0 aromatic heterocycles. The van der Waals surface area contributed by atoms with Gasteiger partial charge in [-0.25, -0.2) is 0 Å². The van der Waals surface area contributed by atoms with E-state index in [1.165, 1.54) is 96.3 Å². The normalized spacial score (nSPS) is 11.4. The van der Waals surface area contributed by atoms with Crippen molar-refractivity contribution in [3.05, 3.63) is 24.3 Å². The molecule has 1 rings (SSSR count). The van der Waals surface area contributed by atoms with E-state index in [1.807, 2.05) is 24.3 Å².